The second-order valence-corrected chi connectivity index (χ2v) is 3.51. The summed E-state index contributed by atoms with van der Waals surface area (Å²) in [6.07, 6.45) is 3.82. The monoisotopic (exact) mass is 193 g/mol. The third-order valence-electron chi connectivity index (χ3n) is 2.49. The molecule has 1 aliphatic rings. The van der Waals surface area contributed by atoms with E-state index in [2.05, 4.69) is 4.98 Å². The van der Waals surface area contributed by atoms with Crippen LogP contribution < -0.4 is 0 Å². The third-order valence-corrected chi connectivity index (χ3v) is 2.49. The van der Waals surface area contributed by atoms with Gasteiger partial charge in [0, 0.05) is 23.9 Å². The van der Waals surface area contributed by atoms with Crippen LogP contribution in [0.25, 0.3) is 0 Å². The molecule has 14 heavy (non-hydrogen) atoms. The summed E-state index contributed by atoms with van der Waals surface area (Å²) in [6, 6.07) is 0. The van der Waals surface area contributed by atoms with Crippen molar-refractivity contribution in [3.05, 3.63) is 23.0 Å². The smallest absolute Gasteiger partial charge is 0.307 e. The Morgan fingerprint density at radius 2 is 2.29 bits per heavy atom. The van der Waals surface area contributed by atoms with Crippen molar-refractivity contribution in [2.24, 2.45) is 0 Å². The SMILES string of the molecule is O=C(O)Cc1c[nH]c2c1C(=O)CCC2. The molecule has 0 unspecified atom stereocenters. The van der Waals surface area contributed by atoms with E-state index in [1.807, 2.05) is 0 Å². The van der Waals surface area contributed by atoms with E-state index in [1.54, 1.807) is 6.20 Å². The van der Waals surface area contributed by atoms with Crippen molar-refractivity contribution in [2.45, 2.75) is 25.7 Å². The summed E-state index contributed by atoms with van der Waals surface area (Å²) < 4.78 is 0. The Hall–Kier alpha value is -1.58. The minimum Gasteiger partial charge on any atom is -0.481 e. The van der Waals surface area contributed by atoms with E-state index in [9.17, 15) is 9.59 Å². The fraction of sp³-hybridized carbons (Fsp3) is 0.400. The number of aliphatic carboxylic acids is 1. The van der Waals surface area contributed by atoms with E-state index < -0.39 is 5.97 Å². The van der Waals surface area contributed by atoms with Crippen molar-refractivity contribution in [3.8, 4) is 0 Å². The van der Waals surface area contributed by atoms with Crippen molar-refractivity contribution in [1.29, 1.82) is 0 Å². The number of hydrogen-bond donors (Lipinski definition) is 2. The third kappa shape index (κ3) is 1.43. The lowest BCUT2D eigenvalue weighted by atomic mass is 9.93. The van der Waals surface area contributed by atoms with E-state index >= 15 is 0 Å². The number of ketones is 1. The second-order valence-electron chi connectivity index (χ2n) is 3.51. The molecule has 0 saturated heterocycles. The Morgan fingerprint density at radius 1 is 1.50 bits per heavy atom. The van der Waals surface area contributed by atoms with Crippen LogP contribution in [0.15, 0.2) is 6.20 Å². The number of carboxylic acids is 1. The summed E-state index contributed by atoms with van der Waals surface area (Å²) in [5, 5.41) is 8.65. The van der Waals surface area contributed by atoms with Crippen molar-refractivity contribution in [3.63, 3.8) is 0 Å². The Bertz CT molecular complexity index is 392. The molecule has 0 amide bonds. The fourth-order valence-electron chi connectivity index (χ4n) is 1.91. The average molecular weight is 193 g/mol. The molecule has 1 aromatic rings. The van der Waals surface area contributed by atoms with Gasteiger partial charge in [-0.25, -0.2) is 0 Å². The minimum absolute atomic E-state index is 0.0719. The van der Waals surface area contributed by atoms with Gasteiger partial charge < -0.3 is 10.1 Å². The van der Waals surface area contributed by atoms with Crippen LogP contribution in [-0.2, 0) is 17.6 Å². The Kier molecular flexibility index (Phi) is 2.11. The highest BCUT2D eigenvalue weighted by Crippen LogP contribution is 2.24. The molecule has 4 nitrogen and oxygen atoms in total. The van der Waals surface area contributed by atoms with E-state index in [0.717, 1.165) is 18.5 Å². The Labute approximate surface area is 80.9 Å². The number of aryl methyl sites for hydroxylation is 1. The van der Waals surface area contributed by atoms with E-state index in [1.165, 1.54) is 0 Å². The predicted octanol–water partition coefficient (Wildman–Crippen LogP) is 1.16. The first-order valence-electron chi connectivity index (χ1n) is 4.62. The van der Waals surface area contributed by atoms with Crippen LogP contribution in [-0.4, -0.2) is 21.8 Å². The summed E-state index contributed by atoms with van der Waals surface area (Å²) in [6.45, 7) is 0. The lowest BCUT2D eigenvalue weighted by Crippen LogP contribution is -2.12. The van der Waals surface area contributed by atoms with Crippen LogP contribution in [0.4, 0.5) is 0 Å². The molecule has 0 atom stereocenters. The maximum Gasteiger partial charge on any atom is 0.307 e. The topological polar surface area (TPSA) is 70.2 Å². The molecule has 2 N–H and O–H groups in total. The standard InChI is InChI=1S/C10H11NO3/c12-8-3-1-2-7-10(8)6(5-11-7)4-9(13)14/h5,11H,1-4H2,(H,13,14). The number of carbonyl (C=O) groups excluding carboxylic acids is 1. The van der Waals surface area contributed by atoms with Crippen LogP contribution >= 0.6 is 0 Å². The molecule has 0 aliphatic heterocycles. The van der Waals surface area contributed by atoms with E-state index in [0.29, 0.717) is 17.5 Å². The number of hydrogen-bond acceptors (Lipinski definition) is 2. The minimum atomic E-state index is -0.898. The summed E-state index contributed by atoms with van der Waals surface area (Å²) in [7, 11) is 0. The van der Waals surface area contributed by atoms with Gasteiger partial charge >= 0.3 is 5.97 Å². The van der Waals surface area contributed by atoms with Gasteiger partial charge in [-0.05, 0) is 18.4 Å². The molecule has 1 aromatic heterocycles. The molecule has 0 fully saturated rings. The molecule has 1 aliphatic carbocycles. The van der Waals surface area contributed by atoms with Gasteiger partial charge in [0.1, 0.15) is 0 Å². The van der Waals surface area contributed by atoms with Crippen LogP contribution in [0.5, 0.6) is 0 Å². The van der Waals surface area contributed by atoms with Crippen molar-refractivity contribution < 1.29 is 14.7 Å². The molecule has 1 heterocycles. The number of H-pyrrole nitrogens is 1. The van der Waals surface area contributed by atoms with Crippen molar-refractivity contribution >= 4 is 11.8 Å². The normalized spacial score (nSPS) is 15.3. The summed E-state index contributed by atoms with van der Waals surface area (Å²) in [4.78, 5) is 25.0. The summed E-state index contributed by atoms with van der Waals surface area (Å²) >= 11 is 0. The number of fused-ring (bicyclic) bond motifs is 1. The van der Waals surface area contributed by atoms with Gasteiger partial charge in [0.2, 0.25) is 0 Å². The molecule has 2 rings (SSSR count). The number of Topliss-reactive ketones (excluding diaryl/α,β-unsaturated/α-hetero) is 1. The number of carbonyl (C=O) groups is 2. The number of nitrogens with one attached hydrogen (secondary N) is 1. The molecular weight excluding hydrogens is 182 g/mol. The van der Waals surface area contributed by atoms with Crippen LogP contribution in [0.3, 0.4) is 0 Å². The van der Waals surface area contributed by atoms with Gasteiger partial charge in [0.05, 0.1) is 6.42 Å². The average Bonchev–Trinajstić information content (AvgIpc) is 2.49. The highest BCUT2D eigenvalue weighted by atomic mass is 16.4. The molecule has 0 radical (unpaired) electrons. The summed E-state index contributed by atoms with van der Waals surface area (Å²) in [5.74, 6) is -0.825. The van der Waals surface area contributed by atoms with E-state index in [-0.39, 0.29) is 12.2 Å². The van der Waals surface area contributed by atoms with Gasteiger partial charge in [-0.15, -0.1) is 0 Å². The zero-order chi connectivity index (χ0) is 10.1. The lowest BCUT2D eigenvalue weighted by molar-refractivity contribution is -0.136. The first-order chi connectivity index (χ1) is 6.68. The number of carboxylic acid groups (broad SMARTS) is 1. The van der Waals surface area contributed by atoms with Crippen molar-refractivity contribution in [1.82, 2.24) is 4.98 Å². The summed E-state index contributed by atoms with van der Waals surface area (Å²) in [5.41, 5.74) is 2.15. The number of rotatable bonds is 2. The lowest BCUT2D eigenvalue weighted by Gasteiger charge is -2.10. The fourth-order valence-corrected chi connectivity index (χ4v) is 1.91. The Balaban J connectivity index is 2.38. The van der Waals surface area contributed by atoms with Crippen LogP contribution in [0.1, 0.15) is 34.5 Å². The quantitative estimate of drug-likeness (QED) is 0.740. The second kappa shape index (κ2) is 3.29. The Morgan fingerprint density at radius 3 is 3.00 bits per heavy atom. The van der Waals surface area contributed by atoms with Crippen LogP contribution in [0, 0.1) is 0 Å². The molecule has 0 bridgehead atoms. The highest BCUT2D eigenvalue weighted by molar-refractivity contribution is 6.00. The van der Waals surface area contributed by atoms with Gasteiger partial charge in [-0.1, -0.05) is 0 Å². The molecular formula is C10H11NO3. The molecule has 0 saturated carbocycles. The molecule has 0 aromatic carbocycles. The highest BCUT2D eigenvalue weighted by Gasteiger charge is 2.23. The van der Waals surface area contributed by atoms with Gasteiger partial charge in [-0.3, -0.25) is 9.59 Å². The van der Waals surface area contributed by atoms with Gasteiger partial charge in [-0.2, -0.15) is 0 Å². The maximum absolute atomic E-state index is 11.5. The predicted molar refractivity (Wildman–Crippen MR) is 49.4 cm³/mol. The molecule has 4 heteroatoms. The first kappa shape index (κ1) is 8.99. The van der Waals surface area contributed by atoms with Gasteiger partial charge in [0.15, 0.2) is 5.78 Å². The van der Waals surface area contributed by atoms with E-state index in [4.69, 9.17) is 5.11 Å². The number of aromatic amines is 1. The van der Waals surface area contributed by atoms with Crippen molar-refractivity contribution in [2.75, 3.05) is 0 Å². The van der Waals surface area contributed by atoms with Crippen LogP contribution in [0.2, 0.25) is 0 Å². The number of aromatic nitrogens is 1. The molecule has 74 valence electrons. The first-order valence-corrected chi connectivity index (χ1v) is 4.62. The zero-order valence-electron chi connectivity index (χ0n) is 7.67. The molecule has 0 spiro atoms. The zero-order valence-corrected chi connectivity index (χ0v) is 7.67. The largest absolute Gasteiger partial charge is 0.481 e. The van der Waals surface area contributed by atoms with Gasteiger partial charge in [0.25, 0.3) is 0 Å². The maximum atomic E-state index is 11.5.